The van der Waals surface area contributed by atoms with Crippen molar-refractivity contribution in [3.63, 3.8) is 0 Å². The van der Waals surface area contributed by atoms with Crippen LogP contribution in [-0.4, -0.2) is 11.2 Å². The molecule has 0 radical (unpaired) electrons. The standard InChI is InChI=1S/C11H14F3NO/c1-6(15)8-4-3-5-9(10(8)12)11(13,14)7(2)16/h3-7,16H,15H2,1-2H3/t6-,7+/m1/s1. The van der Waals surface area contributed by atoms with Crippen LogP contribution in [0.1, 0.15) is 31.0 Å². The van der Waals surface area contributed by atoms with E-state index >= 15 is 0 Å². The van der Waals surface area contributed by atoms with Gasteiger partial charge in [0.15, 0.2) is 0 Å². The summed E-state index contributed by atoms with van der Waals surface area (Å²) < 4.78 is 40.6. The van der Waals surface area contributed by atoms with Gasteiger partial charge in [-0.15, -0.1) is 0 Å². The highest BCUT2D eigenvalue weighted by molar-refractivity contribution is 5.31. The first-order chi connectivity index (χ1) is 7.28. The van der Waals surface area contributed by atoms with Gasteiger partial charge in [0.2, 0.25) is 0 Å². The van der Waals surface area contributed by atoms with Crippen LogP contribution in [-0.2, 0) is 5.92 Å². The molecule has 1 aromatic carbocycles. The molecule has 0 aromatic heterocycles. The van der Waals surface area contributed by atoms with Crippen molar-refractivity contribution in [1.82, 2.24) is 0 Å². The predicted octanol–water partition coefficient (Wildman–Crippen LogP) is 2.32. The second-order valence-corrected chi connectivity index (χ2v) is 3.80. The predicted molar refractivity (Wildman–Crippen MR) is 54.6 cm³/mol. The first-order valence-electron chi connectivity index (χ1n) is 4.88. The Bertz CT molecular complexity index is 377. The molecule has 90 valence electrons. The molecule has 0 aliphatic rings. The highest BCUT2D eigenvalue weighted by atomic mass is 19.3. The summed E-state index contributed by atoms with van der Waals surface area (Å²) >= 11 is 0. The number of nitrogens with two attached hydrogens (primary N) is 1. The summed E-state index contributed by atoms with van der Waals surface area (Å²) in [4.78, 5) is 0. The molecule has 0 saturated heterocycles. The maximum Gasteiger partial charge on any atom is 0.301 e. The van der Waals surface area contributed by atoms with Crippen LogP contribution in [0.25, 0.3) is 0 Å². The Labute approximate surface area is 91.9 Å². The Balaban J connectivity index is 3.31. The van der Waals surface area contributed by atoms with Gasteiger partial charge in [0.05, 0.1) is 5.56 Å². The molecule has 1 rings (SSSR count). The van der Waals surface area contributed by atoms with E-state index in [1.807, 2.05) is 0 Å². The second-order valence-electron chi connectivity index (χ2n) is 3.80. The van der Waals surface area contributed by atoms with Gasteiger partial charge in [-0.05, 0) is 19.9 Å². The molecular formula is C11H14F3NO. The number of rotatable bonds is 3. The van der Waals surface area contributed by atoms with Crippen molar-refractivity contribution in [2.45, 2.75) is 31.9 Å². The van der Waals surface area contributed by atoms with Gasteiger partial charge in [-0.1, -0.05) is 12.1 Å². The summed E-state index contributed by atoms with van der Waals surface area (Å²) in [6, 6.07) is 2.92. The number of halogens is 3. The van der Waals surface area contributed by atoms with Crippen LogP contribution in [0.5, 0.6) is 0 Å². The van der Waals surface area contributed by atoms with E-state index in [0.29, 0.717) is 0 Å². The zero-order valence-electron chi connectivity index (χ0n) is 9.05. The van der Waals surface area contributed by atoms with E-state index in [1.54, 1.807) is 0 Å². The van der Waals surface area contributed by atoms with Crippen molar-refractivity contribution >= 4 is 0 Å². The lowest BCUT2D eigenvalue weighted by Crippen LogP contribution is -2.29. The van der Waals surface area contributed by atoms with Crippen LogP contribution in [0.4, 0.5) is 13.2 Å². The molecule has 3 N–H and O–H groups in total. The van der Waals surface area contributed by atoms with Crippen molar-refractivity contribution in [2.24, 2.45) is 5.73 Å². The zero-order chi connectivity index (χ0) is 12.5. The molecule has 0 spiro atoms. The largest absolute Gasteiger partial charge is 0.387 e. The van der Waals surface area contributed by atoms with Crippen molar-refractivity contribution in [2.75, 3.05) is 0 Å². The minimum Gasteiger partial charge on any atom is -0.387 e. The van der Waals surface area contributed by atoms with E-state index < -0.39 is 29.4 Å². The Hall–Kier alpha value is -1.07. The van der Waals surface area contributed by atoms with Gasteiger partial charge in [0.25, 0.3) is 0 Å². The molecule has 0 aliphatic heterocycles. The van der Waals surface area contributed by atoms with Crippen LogP contribution < -0.4 is 5.73 Å². The first kappa shape index (κ1) is 13.0. The molecule has 16 heavy (non-hydrogen) atoms. The topological polar surface area (TPSA) is 46.2 Å². The maximum absolute atomic E-state index is 13.7. The molecule has 0 amide bonds. The highest BCUT2D eigenvalue weighted by Gasteiger charge is 2.40. The Morgan fingerprint density at radius 3 is 2.31 bits per heavy atom. The van der Waals surface area contributed by atoms with Gasteiger partial charge in [0.1, 0.15) is 11.9 Å². The molecule has 0 unspecified atom stereocenters. The van der Waals surface area contributed by atoms with E-state index in [0.717, 1.165) is 13.0 Å². The van der Waals surface area contributed by atoms with E-state index in [9.17, 15) is 13.2 Å². The summed E-state index contributed by atoms with van der Waals surface area (Å²) in [5.41, 5.74) is 4.65. The van der Waals surface area contributed by atoms with E-state index in [2.05, 4.69) is 0 Å². The second kappa shape index (κ2) is 4.43. The fraction of sp³-hybridized carbons (Fsp3) is 0.455. The first-order valence-corrected chi connectivity index (χ1v) is 4.88. The van der Waals surface area contributed by atoms with Crippen LogP contribution in [0, 0.1) is 5.82 Å². The normalized spacial score (nSPS) is 15.9. The lowest BCUT2D eigenvalue weighted by Gasteiger charge is -2.21. The smallest absolute Gasteiger partial charge is 0.301 e. The van der Waals surface area contributed by atoms with Crippen LogP contribution in [0.15, 0.2) is 18.2 Å². The van der Waals surface area contributed by atoms with Gasteiger partial charge < -0.3 is 10.8 Å². The summed E-state index contributed by atoms with van der Waals surface area (Å²) in [5.74, 6) is -4.67. The average molecular weight is 233 g/mol. The average Bonchev–Trinajstić information content (AvgIpc) is 2.16. The molecule has 1 aromatic rings. The van der Waals surface area contributed by atoms with Gasteiger partial charge in [-0.25, -0.2) is 4.39 Å². The third-order valence-corrected chi connectivity index (χ3v) is 2.40. The molecule has 0 bridgehead atoms. The van der Waals surface area contributed by atoms with Crippen molar-refractivity contribution in [1.29, 1.82) is 0 Å². The molecule has 0 fully saturated rings. The van der Waals surface area contributed by atoms with E-state index in [1.165, 1.54) is 19.1 Å². The van der Waals surface area contributed by atoms with Gasteiger partial charge in [0, 0.05) is 11.6 Å². The molecule has 0 saturated carbocycles. The van der Waals surface area contributed by atoms with Gasteiger partial charge >= 0.3 is 5.92 Å². The molecule has 0 aliphatic carbocycles. The fourth-order valence-electron chi connectivity index (χ4n) is 1.38. The summed E-state index contributed by atoms with van der Waals surface area (Å²) in [5, 5.41) is 8.94. The van der Waals surface area contributed by atoms with Gasteiger partial charge in [-0.2, -0.15) is 8.78 Å². The van der Waals surface area contributed by atoms with Crippen LogP contribution >= 0.6 is 0 Å². The minimum absolute atomic E-state index is 0.0119. The Morgan fingerprint density at radius 1 is 1.31 bits per heavy atom. The van der Waals surface area contributed by atoms with Crippen molar-refractivity contribution in [3.8, 4) is 0 Å². The van der Waals surface area contributed by atoms with Crippen LogP contribution in [0.3, 0.4) is 0 Å². The summed E-state index contributed by atoms with van der Waals surface area (Å²) in [6.07, 6.45) is -1.95. The molecule has 2 nitrogen and oxygen atoms in total. The van der Waals surface area contributed by atoms with E-state index in [-0.39, 0.29) is 5.56 Å². The number of aliphatic hydroxyl groups is 1. The number of benzene rings is 1. The third kappa shape index (κ3) is 2.20. The number of hydrogen-bond donors (Lipinski definition) is 2. The zero-order valence-corrected chi connectivity index (χ0v) is 9.05. The number of aliphatic hydroxyl groups excluding tert-OH is 1. The lowest BCUT2D eigenvalue weighted by atomic mass is 9.98. The fourth-order valence-corrected chi connectivity index (χ4v) is 1.38. The number of hydrogen-bond acceptors (Lipinski definition) is 2. The lowest BCUT2D eigenvalue weighted by molar-refractivity contribution is -0.108. The SMILES string of the molecule is C[C@H](O)C(F)(F)c1cccc([C@@H](C)N)c1F. The van der Waals surface area contributed by atoms with Crippen molar-refractivity contribution < 1.29 is 18.3 Å². The summed E-state index contributed by atoms with van der Waals surface area (Å²) in [7, 11) is 0. The quantitative estimate of drug-likeness (QED) is 0.841. The molecule has 5 heteroatoms. The molecule has 2 atom stereocenters. The molecule has 0 heterocycles. The minimum atomic E-state index is -3.62. The van der Waals surface area contributed by atoms with E-state index in [4.69, 9.17) is 10.8 Å². The molecular weight excluding hydrogens is 219 g/mol. The third-order valence-electron chi connectivity index (χ3n) is 2.40. The maximum atomic E-state index is 13.7. The van der Waals surface area contributed by atoms with Crippen molar-refractivity contribution in [3.05, 3.63) is 35.1 Å². The number of alkyl halides is 2. The highest BCUT2D eigenvalue weighted by Crippen LogP contribution is 2.35. The van der Waals surface area contributed by atoms with Crippen LogP contribution in [0.2, 0.25) is 0 Å². The monoisotopic (exact) mass is 233 g/mol. The summed E-state index contributed by atoms with van der Waals surface area (Å²) in [6.45, 7) is 2.42. The van der Waals surface area contributed by atoms with Gasteiger partial charge in [-0.3, -0.25) is 0 Å². The Morgan fingerprint density at radius 2 is 1.88 bits per heavy atom. The Kier molecular flexibility index (Phi) is 3.60.